The number of esters is 2. The van der Waals surface area contributed by atoms with E-state index in [0.717, 1.165) is 13.1 Å². The molecule has 1 heterocycles. The second-order valence-electron chi connectivity index (χ2n) is 4.53. The summed E-state index contributed by atoms with van der Waals surface area (Å²) in [4.78, 5) is 25.8. The average molecular weight is 719 g/mol. The number of hydrogen-bond acceptors (Lipinski definition) is 6. The molecule has 0 saturated carbocycles. The summed E-state index contributed by atoms with van der Waals surface area (Å²) in [7, 11) is 0. The maximum Gasteiger partial charge on any atom is 0.345 e. The minimum Gasteiger partial charge on any atom is -0.459 e. The molecule has 0 spiro atoms. The quantitative estimate of drug-likeness (QED) is 0.321. The first-order chi connectivity index (χ1) is 10.5. The van der Waals surface area contributed by atoms with E-state index in [-0.39, 0.29) is 6.61 Å². The molecule has 0 aromatic rings. The van der Waals surface area contributed by atoms with Gasteiger partial charge in [0.05, 0.1) is 13.2 Å². The number of hydrogen-bond donors (Lipinski definition) is 0. The lowest BCUT2D eigenvalue weighted by Crippen LogP contribution is -2.45. The molecule has 0 aromatic heterocycles. The van der Waals surface area contributed by atoms with Gasteiger partial charge in [-0.2, -0.15) is 0 Å². The number of morpholine rings is 1. The highest BCUT2D eigenvalue weighted by molar-refractivity contribution is 9.40. The Morgan fingerprint density at radius 1 is 1.00 bits per heavy atom. The highest BCUT2D eigenvalue weighted by Gasteiger charge is 2.35. The number of halogens is 6. The van der Waals surface area contributed by atoms with E-state index in [1.165, 1.54) is 0 Å². The molecule has 1 saturated heterocycles. The van der Waals surface area contributed by atoms with Crippen LogP contribution in [0.2, 0.25) is 0 Å². The molecule has 1 unspecified atom stereocenters. The van der Waals surface area contributed by atoms with Gasteiger partial charge in [0.2, 0.25) is 4.29 Å². The number of alkyl halides is 6. The standard InChI is InChI=1S/C11H13Br6NO5/c12-10(13,14)8(19)22-6-7(23-9(20)11(15,16)17)5-18-1-3-21-4-2-18/h7H,1-6H2. The second kappa shape index (κ2) is 10.2. The highest BCUT2D eigenvalue weighted by atomic mass is 80.0. The van der Waals surface area contributed by atoms with Crippen LogP contribution in [0, 0.1) is 0 Å². The third kappa shape index (κ3) is 9.30. The van der Waals surface area contributed by atoms with Gasteiger partial charge in [0, 0.05) is 19.6 Å². The van der Waals surface area contributed by atoms with Crippen LogP contribution >= 0.6 is 95.6 Å². The Kier molecular flexibility index (Phi) is 10.1. The Morgan fingerprint density at radius 3 is 2.00 bits per heavy atom. The van der Waals surface area contributed by atoms with E-state index in [0.29, 0.717) is 19.8 Å². The third-order valence-electron chi connectivity index (χ3n) is 2.70. The Labute approximate surface area is 184 Å². The molecule has 12 heteroatoms. The zero-order chi connectivity index (χ0) is 17.7. The fourth-order valence-electron chi connectivity index (χ4n) is 1.66. The van der Waals surface area contributed by atoms with E-state index in [2.05, 4.69) is 100 Å². The molecular formula is C11H13Br6NO5. The van der Waals surface area contributed by atoms with Gasteiger partial charge >= 0.3 is 11.9 Å². The van der Waals surface area contributed by atoms with Crippen molar-refractivity contribution in [3.05, 3.63) is 0 Å². The summed E-state index contributed by atoms with van der Waals surface area (Å²) in [5, 5.41) is 0. The van der Waals surface area contributed by atoms with Gasteiger partial charge in [-0.05, 0) is 95.6 Å². The van der Waals surface area contributed by atoms with Gasteiger partial charge in [0.1, 0.15) is 12.7 Å². The summed E-state index contributed by atoms with van der Waals surface area (Å²) in [5.41, 5.74) is 0. The zero-order valence-corrected chi connectivity index (χ0v) is 21.1. The van der Waals surface area contributed by atoms with E-state index >= 15 is 0 Å². The molecule has 1 atom stereocenters. The van der Waals surface area contributed by atoms with Gasteiger partial charge in [0.25, 0.3) is 0 Å². The molecule has 0 aliphatic carbocycles. The van der Waals surface area contributed by atoms with Crippen molar-refractivity contribution in [2.24, 2.45) is 0 Å². The molecule has 1 rings (SSSR count). The van der Waals surface area contributed by atoms with E-state index in [1.54, 1.807) is 0 Å². The van der Waals surface area contributed by atoms with Gasteiger partial charge < -0.3 is 14.2 Å². The van der Waals surface area contributed by atoms with Gasteiger partial charge in [-0.15, -0.1) is 0 Å². The normalized spacial score (nSPS) is 18.3. The van der Waals surface area contributed by atoms with Crippen molar-refractivity contribution in [1.29, 1.82) is 0 Å². The fraction of sp³-hybridized carbons (Fsp3) is 0.818. The molecule has 23 heavy (non-hydrogen) atoms. The molecule has 0 aromatic carbocycles. The van der Waals surface area contributed by atoms with Gasteiger partial charge in [-0.1, -0.05) is 0 Å². The Morgan fingerprint density at radius 2 is 1.52 bits per heavy atom. The number of carbonyl (C=O) groups is 2. The SMILES string of the molecule is O=C(OCC(CN1CCOCC1)OC(=O)C(Br)(Br)Br)C(Br)(Br)Br. The lowest BCUT2D eigenvalue weighted by Gasteiger charge is -2.30. The average Bonchev–Trinajstić information content (AvgIpc) is 2.43. The lowest BCUT2D eigenvalue weighted by molar-refractivity contribution is -0.158. The molecule has 0 bridgehead atoms. The van der Waals surface area contributed by atoms with Crippen LogP contribution in [0.3, 0.4) is 0 Å². The summed E-state index contributed by atoms with van der Waals surface area (Å²) in [6.07, 6.45) is -0.619. The highest BCUT2D eigenvalue weighted by Crippen LogP contribution is 2.36. The van der Waals surface area contributed by atoms with Crippen molar-refractivity contribution in [1.82, 2.24) is 4.90 Å². The first-order valence-electron chi connectivity index (χ1n) is 6.32. The topological polar surface area (TPSA) is 65.1 Å². The van der Waals surface area contributed by atoms with Crippen molar-refractivity contribution < 1.29 is 23.8 Å². The number of rotatable bonds is 5. The van der Waals surface area contributed by atoms with Crippen LogP contribution in [-0.2, 0) is 23.8 Å². The van der Waals surface area contributed by atoms with Crippen LogP contribution < -0.4 is 0 Å². The van der Waals surface area contributed by atoms with Crippen LogP contribution in [0.25, 0.3) is 0 Å². The van der Waals surface area contributed by atoms with E-state index in [9.17, 15) is 9.59 Å². The first-order valence-corrected chi connectivity index (χ1v) is 11.1. The molecule has 1 fully saturated rings. The Bertz CT molecular complexity index is 418. The maximum absolute atomic E-state index is 12.0. The van der Waals surface area contributed by atoms with E-state index < -0.39 is 22.3 Å². The number of carbonyl (C=O) groups excluding carboxylic acids is 2. The van der Waals surface area contributed by atoms with Crippen molar-refractivity contribution in [2.75, 3.05) is 39.5 Å². The minimum absolute atomic E-state index is 0.0738. The van der Waals surface area contributed by atoms with Crippen LogP contribution in [0.4, 0.5) is 0 Å². The van der Waals surface area contributed by atoms with Crippen molar-refractivity contribution in [2.45, 2.75) is 10.4 Å². The van der Waals surface area contributed by atoms with Crippen LogP contribution in [0.15, 0.2) is 0 Å². The minimum atomic E-state index is -1.18. The molecule has 1 aliphatic rings. The third-order valence-corrected chi connectivity index (χ3v) is 4.64. The molecule has 0 N–H and O–H groups in total. The van der Waals surface area contributed by atoms with Gasteiger partial charge in [-0.3, -0.25) is 4.90 Å². The predicted octanol–water partition coefficient (Wildman–Crippen LogP) is 3.45. The van der Waals surface area contributed by atoms with Crippen molar-refractivity contribution in [3.63, 3.8) is 0 Å². The lowest BCUT2D eigenvalue weighted by atomic mass is 10.3. The molecule has 6 nitrogen and oxygen atoms in total. The van der Waals surface area contributed by atoms with Crippen molar-refractivity contribution in [3.8, 4) is 0 Å². The monoisotopic (exact) mass is 713 g/mol. The summed E-state index contributed by atoms with van der Waals surface area (Å²) >= 11 is 18.5. The molecule has 0 radical (unpaired) electrons. The first kappa shape index (κ1) is 22.8. The number of ether oxygens (including phenoxy) is 3. The fourth-order valence-corrected chi connectivity index (χ4v) is 2.29. The predicted molar refractivity (Wildman–Crippen MR) is 107 cm³/mol. The summed E-state index contributed by atoms with van der Waals surface area (Å²) in [6, 6.07) is 0. The molecule has 0 amide bonds. The Balaban J connectivity index is 2.63. The van der Waals surface area contributed by atoms with Crippen LogP contribution in [0.1, 0.15) is 0 Å². The zero-order valence-electron chi connectivity index (χ0n) is 11.6. The van der Waals surface area contributed by atoms with Gasteiger partial charge in [0.15, 0.2) is 0 Å². The van der Waals surface area contributed by atoms with Crippen LogP contribution in [-0.4, -0.2) is 66.7 Å². The second-order valence-corrected chi connectivity index (χ2v) is 18.1. The largest absolute Gasteiger partial charge is 0.459 e. The summed E-state index contributed by atoms with van der Waals surface area (Å²) in [6.45, 7) is 3.05. The smallest absolute Gasteiger partial charge is 0.345 e. The Hall–Kier alpha value is 1.74. The molecular weight excluding hydrogens is 706 g/mol. The molecule has 1 aliphatic heterocycles. The number of nitrogens with zero attached hydrogens (tertiary/aromatic N) is 1. The van der Waals surface area contributed by atoms with E-state index in [4.69, 9.17) is 14.2 Å². The van der Waals surface area contributed by atoms with Crippen LogP contribution in [0.5, 0.6) is 0 Å². The van der Waals surface area contributed by atoms with Crippen molar-refractivity contribution >= 4 is 108 Å². The summed E-state index contributed by atoms with van der Waals surface area (Å²) in [5.74, 6) is -1.15. The van der Waals surface area contributed by atoms with E-state index in [1.807, 2.05) is 0 Å². The van der Waals surface area contributed by atoms with Gasteiger partial charge in [-0.25, -0.2) is 9.59 Å². The molecule has 134 valence electrons. The summed E-state index contributed by atoms with van der Waals surface area (Å²) < 4.78 is 13.5. The maximum atomic E-state index is 12.0.